The third-order valence-electron chi connectivity index (χ3n) is 4.04. The van der Waals surface area contributed by atoms with Gasteiger partial charge >= 0.3 is 0 Å². The third kappa shape index (κ3) is 1.78. The van der Waals surface area contributed by atoms with Crippen molar-refractivity contribution in [2.24, 2.45) is 0 Å². The Morgan fingerprint density at radius 2 is 1.88 bits per heavy atom. The molecule has 0 amide bonds. The zero-order valence-corrected chi connectivity index (χ0v) is 12.8. The fourth-order valence-corrected chi connectivity index (χ4v) is 2.89. The van der Waals surface area contributed by atoms with Gasteiger partial charge in [-0.2, -0.15) is 5.10 Å². The molecular formula is C17H12N6O. The average molecular weight is 316 g/mol. The number of aromatic nitrogens is 6. The van der Waals surface area contributed by atoms with E-state index in [1.165, 1.54) is 0 Å². The lowest BCUT2D eigenvalue weighted by Crippen LogP contribution is -1.97. The van der Waals surface area contributed by atoms with Gasteiger partial charge in [-0.05, 0) is 41.5 Å². The number of nitrogens with one attached hydrogen (secondary N) is 1. The predicted octanol–water partition coefficient (Wildman–Crippen LogP) is 3.26. The standard InChI is InChI=1S/C17H12N6O/c1-10-14-17(23(20-10)11-6-3-2-4-7-11)19-16(18-14)12-8-5-9-13-15(12)22-24-21-13/h2-9H,1H3,(H,18,19). The molecule has 24 heavy (non-hydrogen) atoms. The van der Waals surface area contributed by atoms with Crippen LogP contribution in [0.3, 0.4) is 0 Å². The Hall–Kier alpha value is -3.48. The molecule has 5 rings (SSSR count). The van der Waals surface area contributed by atoms with Crippen LogP contribution in [0.2, 0.25) is 0 Å². The number of rotatable bonds is 2. The number of hydrogen-bond donors (Lipinski definition) is 1. The summed E-state index contributed by atoms with van der Waals surface area (Å²) in [6.45, 7) is 1.96. The molecule has 0 saturated heterocycles. The fourth-order valence-electron chi connectivity index (χ4n) is 2.89. The lowest BCUT2D eigenvalue weighted by Gasteiger charge is -2.00. The van der Waals surface area contributed by atoms with Crippen LogP contribution in [0.25, 0.3) is 39.3 Å². The minimum atomic E-state index is 0.686. The number of H-pyrrole nitrogens is 1. The fraction of sp³-hybridized carbons (Fsp3) is 0.0588. The molecule has 1 N–H and O–H groups in total. The van der Waals surface area contributed by atoms with Gasteiger partial charge in [0.2, 0.25) is 0 Å². The second-order valence-corrected chi connectivity index (χ2v) is 5.55. The Labute approximate surface area is 135 Å². The van der Waals surface area contributed by atoms with E-state index in [0.29, 0.717) is 11.0 Å². The summed E-state index contributed by atoms with van der Waals surface area (Å²) in [6, 6.07) is 15.7. The largest absolute Gasteiger partial charge is 0.335 e. The summed E-state index contributed by atoms with van der Waals surface area (Å²) in [5.74, 6) is 0.719. The maximum absolute atomic E-state index is 4.84. The van der Waals surface area contributed by atoms with Crippen molar-refractivity contribution in [3.63, 3.8) is 0 Å². The number of para-hydroxylation sites is 1. The third-order valence-corrected chi connectivity index (χ3v) is 4.04. The lowest BCUT2D eigenvalue weighted by molar-refractivity contribution is 0.315. The highest BCUT2D eigenvalue weighted by atomic mass is 16.6. The molecule has 0 radical (unpaired) electrons. The summed E-state index contributed by atoms with van der Waals surface area (Å²) in [5.41, 5.74) is 5.78. The van der Waals surface area contributed by atoms with Crippen LogP contribution in [-0.2, 0) is 0 Å². The highest BCUT2D eigenvalue weighted by Crippen LogP contribution is 2.28. The van der Waals surface area contributed by atoms with Gasteiger partial charge in [0.1, 0.15) is 22.4 Å². The maximum atomic E-state index is 4.84. The Bertz CT molecular complexity index is 1170. The SMILES string of the molecule is Cc1nn(-c2ccccc2)c2nc(-c3cccc4nonc34)[nH]c12. The molecule has 2 aromatic carbocycles. The molecule has 0 unspecified atom stereocenters. The molecule has 0 atom stereocenters. The topological polar surface area (TPSA) is 85.4 Å². The van der Waals surface area contributed by atoms with Crippen molar-refractivity contribution < 1.29 is 4.63 Å². The molecule has 0 aliphatic rings. The second-order valence-electron chi connectivity index (χ2n) is 5.55. The Kier molecular flexibility index (Phi) is 2.58. The number of aryl methyl sites for hydroxylation is 1. The molecule has 7 heteroatoms. The van der Waals surface area contributed by atoms with Crippen molar-refractivity contribution in [3.05, 3.63) is 54.2 Å². The van der Waals surface area contributed by atoms with Gasteiger partial charge in [0, 0.05) is 5.56 Å². The van der Waals surface area contributed by atoms with Gasteiger partial charge in [0.05, 0.1) is 11.4 Å². The summed E-state index contributed by atoms with van der Waals surface area (Å²) < 4.78 is 6.68. The van der Waals surface area contributed by atoms with E-state index in [-0.39, 0.29) is 0 Å². The lowest BCUT2D eigenvalue weighted by atomic mass is 10.2. The smallest absolute Gasteiger partial charge is 0.181 e. The molecule has 3 aromatic heterocycles. The van der Waals surface area contributed by atoms with Gasteiger partial charge < -0.3 is 4.98 Å². The molecular weight excluding hydrogens is 304 g/mol. The van der Waals surface area contributed by atoms with Gasteiger partial charge in [-0.1, -0.05) is 24.3 Å². The maximum Gasteiger partial charge on any atom is 0.181 e. The summed E-state index contributed by atoms with van der Waals surface area (Å²) in [5, 5.41) is 12.5. The van der Waals surface area contributed by atoms with Gasteiger partial charge in [0.25, 0.3) is 0 Å². The minimum absolute atomic E-state index is 0.686. The molecule has 0 bridgehead atoms. The van der Waals surface area contributed by atoms with Gasteiger partial charge in [0.15, 0.2) is 5.65 Å². The number of benzene rings is 2. The number of nitrogens with zero attached hydrogens (tertiary/aromatic N) is 5. The van der Waals surface area contributed by atoms with Crippen molar-refractivity contribution in [1.29, 1.82) is 0 Å². The molecule has 3 heterocycles. The summed E-state index contributed by atoms with van der Waals surface area (Å²) >= 11 is 0. The van der Waals surface area contributed by atoms with E-state index < -0.39 is 0 Å². The minimum Gasteiger partial charge on any atom is -0.335 e. The van der Waals surface area contributed by atoms with E-state index in [1.54, 1.807) is 0 Å². The Morgan fingerprint density at radius 3 is 2.75 bits per heavy atom. The highest BCUT2D eigenvalue weighted by Gasteiger charge is 2.17. The van der Waals surface area contributed by atoms with Gasteiger partial charge in [-0.3, -0.25) is 0 Å². The summed E-state index contributed by atoms with van der Waals surface area (Å²) in [6.07, 6.45) is 0. The molecule has 0 saturated carbocycles. The zero-order valence-electron chi connectivity index (χ0n) is 12.8. The van der Waals surface area contributed by atoms with E-state index in [2.05, 4.69) is 20.4 Å². The Morgan fingerprint density at radius 1 is 1.00 bits per heavy atom. The van der Waals surface area contributed by atoms with Crippen LogP contribution in [0.4, 0.5) is 0 Å². The summed E-state index contributed by atoms with van der Waals surface area (Å²) in [4.78, 5) is 8.09. The van der Waals surface area contributed by atoms with Crippen molar-refractivity contribution >= 4 is 22.2 Å². The number of imidazole rings is 1. The molecule has 5 aromatic rings. The highest BCUT2D eigenvalue weighted by molar-refractivity contribution is 5.91. The number of aromatic amines is 1. The van der Waals surface area contributed by atoms with Crippen LogP contribution < -0.4 is 0 Å². The first kappa shape index (κ1) is 13.0. The van der Waals surface area contributed by atoms with Crippen molar-refractivity contribution in [2.45, 2.75) is 6.92 Å². The van der Waals surface area contributed by atoms with E-state index in [4.69, 9.17) is 9.61 Å². The van der Waals surface area contributed by atoms with Crippen LogP contribution in [0.5, 0.6) is 0 Å². The molecule has 0 aliphatic carbocycles. The first-order valence-electron chi connectivity index (χ1n) is 7.54. The van der Waals surface area contributed by atoms with Crippen molar-refractivity contribution in [3.8, 4) is 17.1 Å². The molecule has 0 fully saturated rings. The predicted molar refractivity (Wildman–Crippen MR) is 88.8 cm³/mol. The van der Waals surface area contributed by atoms with Crippen LogP contribution >= 0.6 is 0 Å². The van der Waals surface area contributed by atoms with Gasteiger partial charge in [-0.15, -0.1) is 0 Å². The normalized spacial score (nSPS) is 11.5. The number of fused-ring (bicyclic) bond motifs is 2. The quantitative estimate of drug-likeness (QED) is 0.540. The second kappa shape index (κ2) is 4.76. The Balaban J connectivity index is 1.76. The average Bonchev–Trinajstić information content (AvgIpc) is 3.31. The van der Waals surface area contributed by atoms with Crippen LogP contribution in [0.1, 0.15) is 5.69 Å². The first-order valence-corrected chi connectivity index (χ1v) is 7.54. The van der Waals surface area contributed by atoms with Crippen LogP contribution in [-0.4, -0.2) is 30.1 Å². The first-order chi connectivity index (χ1) is 11.8. The molecule has 7 nitrogen and oxygen atoms in total. The van der Waals surface area contributed by atoms with Crippen LogP contribution in [0.15, 0.2) is 53.2 Å². The van der Waals surface area contributed by atoms with E-state index in [0.717, 1.165) is 33.9 Å². The van der Waals surface area contributed by atoms with Crippen molar-refractivity contribution in [2.75, 3.05) is 0 Å². The zero-order chi connectivity index (χ0) is 16.1. The van der Waals surface area contributed by atoms with Crippen LogP contribution in [0, 0.1) is 6.92 Å². The van der Waals surface area contributed by atoms with Gasteiger partial charge in [-0.25, -0.2) is 14.3 Å². The van der Waals surface area contributed by atoms with E-state index >= 15 is 0 Å². The number of hydrogen-bond acceptors (Lipinski definition) is 5. The van der Waals surface area contributed by atoms with Crippen molar-refractivity contribution in [1.82, 2.24) is 30.1 Å². The monoisotopic (exact) mass is 316 g/mol. The van der Waals surface area contributed by atoms with E-state index in [9.17, 15) is 0 Å². The summed E-state index contributed by atoms with van der Waals surface area (Å²) in [7, 11) is 0. The van der Waals surface area contributed by atoms with E-state index in [1.807, 2.05) is 60.1 Å². The molecule has 0 aliphatic heterocycles. The molecule has 116 valence electrons. The molecule has 0 spiro atoms.